The summed E-state index contributed by atoms with van der Waals surface area (Å²) in [4.78, 5) is 18.1. The van der Waals surface area contributed by atoms with Gasteiger partial charge in [-0.25, -0.2) is 0 Å². The number of benzene rings is 1. The summed E-state index contributed by atoms with van der Waals surface area (Å²) in [6.45, 7) is 0.721. The minimum absolute atomic E-state index is 0.175. The maximum absolute atomic E-state index is 12.2. The number of ether oxygens (including phenoxy) is 2. The molecular weight excluding hydrogens is 316 g/mol. The predicted molar refractivity (Wildman–Crippen MR) is 98.1 cm³/mol. The molecule has 0 radical (unpaired) electrons. The van der Waals surface area contributed by atoms with Gasteiger partial charge in [0.1, 0.15) is 0 Å². The molecule has 134 valence electrons. The van der Waals surface area contributed by atoms with E-state index in [9.17, 15) is 4.79 Å². The molecule has 2 rings (SSSR count). The second-order valence-electron chi connectivity index (χ2n) is 5.96. The van der Waals surface area contributed by atoms with Gasteiger partial charge in [-0.05, 0) is 54.7 Å². The third-order valence-corrected chi connectivity index (χ3v) is 4.22. The summed E-state index contributed by atoms with van der Waals surface area (Å²) in [7, 11) is 5.11. The lowest BCUT2D eigenvalue weighted by molar-refractivity contribution is -0.129. The van der Waals surface area contributed by atoms with Gasteiger partial charge in [0.15, 0.2) is 11.5 Å². The van der Waals surface area contributed by atoms with Gasteiger partial charge in [0, 0.05) is 32.4 Å². The highest BCUT2D eigenvalue weighted by Crippen LogP contribution is 2.28. The zero-order valence-electron chi connectivity index (χ0n) is 15.2. The average molecular weight is 342 g/mol. The quantitative estimate of drug-likeness (QED) is 0.702. The van der Waals surface area contributed by atoms with Gasteiger partial charge in [-0.1, -0.05) is 6.07 Å². The lowest BCUT2D eigenvalue weighted by Gasteiger charge is -2.17. The van der Waals surface area contributed by atoms with Gasteiger partial charge in [-0.15, -0.1) is 0 Å². The number of carbonyl (C=O) groups excluding carboxylic acids is 1. The van der Waals surface area contributed by atoms with Crippen molar-refractivity contribution in [2.45, 2.75) is 25.7 Å². The Labute approximate surface area is 149 Å². The van der Waals surface area contributed by atoms with Crippen molar-refractivity contribution in [3.63, 3.8) is 0 Å². The van der Waals surface area contributed by atoms with Gasteiger partial charge in [0.2, 0.25) is 5.91 Å². The third-order valence-electron chi connectivity index (χ3n) is 4.22. The SMILES string of the molecule is COc1ccc(CCCC(=O)N(C)CCc2ccncc2)cc1OC. The summed E-state index contributed by atoms with van der Waals surface area (Å²) < 4.78 is 10.6. The first kappa shape index (κ1) is 18.8. The molecule has 0 saturated heterocycles. The normalized spacial score (nSPS) is 10.4. The number of aryl methyl sites for hydroxylation is 1. The number of hydrogen-bond donors (Lipinski definition) is 0. The van der Waals surface area contributed by atoms with E-state index in [-0.39, 0.29) is 5.91 Å². The van der Waals surface area contributed by atoms with Crippen LogP contribution in [-0.4, -0.2) is 43.6 Å². The summed E-state index contributed by atoms with van der Waals surface area (Å²) in [5.74, 6) is 1.62. The van der Waals surface area contributed by atoms with E-state index in [2.05, 4.69) is 4.98 Å². The monoisotopic (exact) mass is 342 g/mol. The molecule has 0 spiro atoms. The molecule has 0 aliphatic heterocycles. The van der Waals surface area contributed by atoms with Crippen molar-refractivity contribution in [1.29, 1.82) is 0 Å². The summed E-state index contributed by atoms with van der Waals surface area (Å²) in [6.07, 6.45) is 6.60. The van der Waals surface area contributed by atoms with Gasteiger partial charge < -0.3 is 14.4 Å². The molecule has 5 heteroatoms. The van der Waals surface area contributed by atoms with E-state index >= 15 is 0 Å². The van der Waals surface area contributed by atoms with Crippen molar-refractivity contribution >= 4 is 5.91 Å². The van der Waals surface area contributed by atoms with Crippen LogP contribution in [0, 0.1) is 0 Å². The Bertz CT molecular complexity index is 674. The lowest BCUT2D eigenvalue weighted by atomic mass is 10.1. The van der Waals surface area contributed by atoms with Crippen molar-refractivity contribution in [3.8, 4) is 11.5 Å². The van der Waals surface area contributed by atoms with E-state index < -0.39 is 0 Å². The Kier molecular flexibility index (Phi) is 7.26. The Morgan fingerprint density at radius 1 is 1.00 bits per heavy atom. The molecule has 2 aromatic rings. The first-order valence-electron chi connectivity index (χ1n) is 8.48. The van der Waals surface area contributed by atoms with Crippen molar-refractivity contribution < 1.29 is 14.3 Å². The molecule has 1 aromatic heterocycles. The Hall–Kier alpha value is -2.56. The molecule has 5 nitrogen and oxygen atoms in total. The number of likely N-dealkylation sites (N-methyl/N-ethyl adjacent to an activating group) is 1. The fourth-order valence-corrected chi connectivity index (χ4v) is 2.64. The zero-order valence-corrected chi connectivity index (χ0v) is 15.2. The molecule has 0 fully saturated rings. The highest BCUT2D eigenvalue weighted by atomic mass is 16.5. The standard InChI is InChI=1S/C20H26N2O3/c1-22(14-11-16-9-12-21-13-10-16)20(23)6-4-5-17-7-8-18(24-2)19(15-17)25-3/h7-10,12-13,15H,4-6,11,14H2,1-3H3. The van der Waals surface area contributed by atoms with Gasteiger partial charge in [0.05, 0.1) is 14.2 Å². The van der Waals surface area contributed by atoms with Crippen LogP contribution in [-0.2, 0) is 17.6 Å². The largest absolute Gasteiger partial charge is 0.493 e. The van der Waals surface area contributed by atoms with Crippen LogP contribution in [0.3, 0.4) is 0 Å². The van der Waals surface area contributed by atoms with Crippen LogP contribution in [0.4, 0.5) is 0 Å². The molecule has 0 bridgehead atoms. The van der Waals surface area contributed by atoms with Crippen LogP contribution >= 0.6 is 0 Å². The maximum Gasteiger partial charge on any atom is 0.222 e. The van der Waals surface area contributed by atoms with E-state index in [0.717, 1.165) is 42.9 Å². The molecule has 0 unspecified atom stereocenters. The first-order chi connectivity index (χ1) is 12.1. The minimum Gasteiger partial charge on any atom is -0.493 e. The van der Waals surface area contributed by atoms with Crippen molar-refractivity contribution in [3.05, 3.63) is 53.9 Å². The molecule has 1 heterocycles. The van der Waals surface area contributed by atoms with E-state index in [0.29, 0.717) is 6.42 Å². The predicted octanol–water partition coefficient (Wildman–Crippen LogP) is 3.12. The molecule has 1 amide bonds. The van der Waals surface area contributed by atoms with Crippen LogP contribution < -0.4 is 9.47 Å². The summed E-state index contributed by atoms with van der Waals surface area (Å²) in [6, 6.07) is 9.84. The molecule has 0 aliphatic carbocycles. The van der Waals surface area contributed by atoms with E-state index in [4.69, 9.17) is 9.47 Å². The molecule has 0 N–H and O–H groups in total. The second kappa shape index (κ2) is 9.67. The van der Waals surface area contributed by atoms with Crippen molar-refractivity contribution in [2.75, 3.05) is 27.8 Å². The molecule has 25 heavy (non-hydrogen) atoms. The van der Waals surface area contributed by atoms with Crippen LogP contribution in [0.15, 0.2) is 42.7 Å². The Balaban J connectivity index is 1.76. The fourth-order valence-electron chi connectivity index (χ4n) is 2.64. The average Bonchev–Trinajstić information content (AvgIpc) is 2.66. The number of aromatic nitrogens is 1. The van der Waals surface area contributed by atoms with Crippen molar-refractivity contribution in [2.24, 2.45) is 0 Å². The topological polar surface area (TPSA) is 51.7 Å². The highest BCUT2D eigenvalue weighted by molar-refractivity contribution is 5.75. The number of pyridine rings is 1. The Morgan fingerprint density at radius 2 is 1.72 bits per heavy atom. The zero-order chi connectivity index (χ0) is 18.1. The smallest absolute Gasteiger partial charge is 0.222 e. The first-order valence-corrected chi connectivity index (χ1v) is 8.48. The Morgan fingerprint density at radius 3 is 2.40 bits per heavy atom. The van der Waals surface area contributed by atoms with E-state index in [1.54, 1.807) is 31.5 Å². The number of carbonyl (C=O) groups is 1. The molecule has 0 saturated carbocycles. The summed E-state index contributed by atoms with van der Waals surface area (Å²) >= 11 is 0. The minimum atomic E-state index is 0.175. The number of amides is 1. The maximum atomic E-state index is 12.2. The van der Waals surface area contributed by atoms with Gasteiger partial charge in [0.25, 0.3) is 0 Å². The van der Waals surface area contributed by atoms with Crippen LogP contribution in [0.1, 0.15) is 24.0 Å². The van der Waals surface area contributed by atoms with Crippen LogP contribution in [0.2, 0.25) is 0 Å². The number of rotatable bonds is 9. The fraction of sp³-hybridized carbons (Fsp3) is 0.400. The molecule has 0 aliphatic rings. The third kappa shape index (κ3) is 5.78. The number of nitrogens with zero attached hydrogens (tertiary/aromatic N) is 2. The lowest BCUT2D eigenvalue weighted by Crippen LogP contribution is -2.28. The van der Waals surface area contributed by atoms with E-state index in [1.165, 1.54) is 5.56 Å². The number of methoxy groups -OCH3 is 2. The van der Waals surface area contributed by atoms with E-state index in [1.807, 2.05) is 37.4 Å². The summed E-state index contributed by atoms with van der Waals surface area (Å²) in [5, 5.41) is 0. The molecule has 0 atom stereocenters. The second-order valence-corrected chi connectivity index (χ2v) is 5.96. The number of hydrogen-bond acceptors (Lipinski definition) is 4. The van der Waals surface area contributed by atoms with Gasteiger partial charge in [-0.2, -0.15) is 0 Å². The summed E-state index contributed by atoms with van der Waals surface area (Å²) in [5.41, 5.74) is 2.34. The van der Waals surface area contributed by atoms with Crippen LogP contribution in [0.5, 0.6) is 11.5 Å². The molecule has 1 aromatic carbocycles. The van der Waals surface area contributed by atoms with Crippen molar-refractivity contribution in [1.82, 2.24) is 9.88 Å². The highest BCUT2D eigenvalue weighted by Gasteiger charge is 2.10. The van der Waals surface area contributed by atoms with Crippen LogP contribution in [0.25, 0.3) is 0 Å². The van der Waals surface area contributed by atoms with Gasteiger partial charge in [-0.3, -0.25) is 9.78 Å². The van der Waals surface area contributed by atoms with Gasteiger partial charge >= 0.3 is 0 Å². The molecular formula is C20H26N2O3.